The molecule has 0 N–H and O–H groups in total. The van der Waals surface area contributed by atoms with Crippen molar-refractivity contribution in [1.82, 2.24) is 0 Å². The minimum absolute atomic E-state index is 0.310. The summed E-state index contributed by atoms with van der Waals surface area (Å²) in [6.07, 6.45) is 6.44. The molecule has 0 aromatic carbocycles. The quantitative estimate of drug-likeness (QED) is 0.522. The maximum absolute atomic E-state index is 5.65. The van der Waals surface area contributed by atoms with E-state index in [9.17, 15) is 0 Å². The van der Waals surface area contributed by atoms with Gasteiger partial charge in [0.1, 0.15) is 0 Å². The van der Waals surface area contributed by atoms with Crippen LogP contribution < -0.4 is 0 Å². The largest absolute Gasteiger partial charge is 0.348 e. The van der Waals surface area contributed by atoms with Crippen LogP contribution in [0.1, 0.15) is 46.0 Å². The smallest absolute Gasteiger partial charge is 0.168 e. The molecule has 0 aliphatic carbocycles. The van der Waals surface area contributed by atoms with Crippen molar-refractivity contribution < 1.29 is 9.47 Å². The summed E-state index contributed by atoms with van der Waals surface area (Å²) in [7, 11) is 0. The van der Waals surface area contributed by atoms with Gasteiger partial charge in [0, 0.05) is 11.2 Å². The topological polar surface area (TPSA) is 18.5 Å². The second-order valence-corrected chi connectivity index (χ2v) is 5.30. The van der Waals surface area contributed by atoms with Gasteiger partial charge in [0.2, 0.25) is 0 Å². The highest BCUT2D eigenvalue weighted by Crippen LogP contribution is 2.31. The molecule has 1 aliphatic heterocycles. The van der Waals surface area contributed by atoms with Crippen LogP contribution in [0.3, 0.4) is 0 Å². The summed E-state index contributed by atoms with van der Waals surface area (Å²) in [6, 6.07) is 0. The SMILES string of the molecule is CC(CCCCCCBr)C1(C)OCCO1. The van der Waals surface area contributed by atoms with Crippen molar-refractivity contribution >= 4 is 15.9 Å². The molecule has 1 heterocycles. The number of alkyl halides is 1. The van der Waals surface area contributed by atoms with Crippen LogP contribution in [0.5, 0.6) is 0 Å². The third kappa shape index (κ3) is 4.41. The normalized spacial score (nSPS) is 21.8. The Morgan fingerprint density at radius 3 is 2.33 bits per heavy atom. The van der Waals surface area contributed by atoms with Crippen molar-refractivity contribution in [3.63, 3.8) is 0 Å². The Kier molecular flexibility index (Phi) is 6.17. The molecular weight excluding hydrogens is 256 g/mol. The number of ether oxygens (including phenoxy) is 2. The standard InChI is InChI=1S/C12H23BrO2/c1-11(7-5-3-4-6-8-13)12(2)14-9-10-15-12/h11H,3-10H2,1-2H3. The number of hydrogen-bond acceptors (Lipinski definition) is 2. The van der Waals surface area contributed by atoms with E-state index in [0.717, 1.165) is 18.5 Å². The molecule has 1 saturated heterocycles. The van der Waals surface area contributed by atoms with E-state index < -0.39 is 0 Å². The monoisotopic (exact) mass is 278 g/mol. The van der Waals surface area contributed by atoms with Crippen molar-refractivity contribution in [2.45, 2.75) is 51.7 Å². The third-order valence-corrected chi connectivity index (χ3v) is 3.84. The van der Waals surface area contributed by atoms with Gasteiger partial charge in [-0.15, -0.1) is 0 Å². The van der Waals surface area contributed by atoms with E-state index in [1.54, 1.807) is 0 Å². The second-order valence-electron chi connectivity index (χ2n) is 4.51. The van der Waals surface area contributed by atoms with E-state index in [1.165, 1.54) is 32.1 Å². The molecule has 15 heavy (non-hydrogen) atoms. The average Bonchev–Trinajstić information content (AvgIpc) is 2.66. The van der Waals surface area contributed by atoms with Crippen LogP contribution in [0.15, 0.2) is 0 Å². The van der Waals surface area contributed by atoms with Crippen molar-refractivity contribution in [3.05, 3.63) is 0 Å². The third-order valence-electron chi connectivity index (χ3n) is 3.28. The molecule has 0 amide bonds. The fourth-order valence-corrected chi connectivity index (χ4v) is 2.37. The number of halogens is 1. The van der Waals surface area contributed by atoms with Crippen molar-refractivity contribution in [2.75, 3.05) is 18.5 Å². The molecule has 1 atom stereocenters. The molecule has 1 rings (SSSR count). The summed E-state index contributed by atoms with van der Waals surface area (Å²) in [5.41, 5.74) is 0. The summed E-state index contributed by atoms with van der Waals surface area (Å²) in [5, 5.41) is 1.13. The average molecular weight is 279 g/mol. The maximum Gasteiger partial charge on any atom is 0.168 e. The molecule has 0 aromatic rings. The lowest BCUT2D eigenvalue weighted by molar-refractivity contribution is -0.178. The minimum atomic E-state index is -0.310. The van der Waals surface area contributed by atoms with Gasteiger partial charge in [-0.05, 0) is 19.8 Å². The van der Waals surface area contributed by atoms with E-state index >= 15 is 0 Å². The van der Waals surface area contributed by atoms with Crippen LogP contribution >= 0.6 is 15.9 Å². The zero-order valence-corrected chi connectivity index (χ0v) is 11.5. The Labute approximate surface area is 102 Å². The van der Waals surface area contributed by atoms with Gasteiger partial charge in [-0.2, -0.15) is 0 Å². The molecule has 0 aromatic heterocycles. The molecule has 0 bridgehead atoms. The van der Waals surface area contributed by atoms with E-state index in [-0.39, 0.29) is 5.79 Å². The molecule has 90 valence electrons. The first-order valence-corrected chi connectivity index (χ1v) is 7.15. The van der Waals surface area contributed by atoms with Crippen LogP contribution in [0.4, 0.5) is 0 Å². The van der Waals surface area contributed by atoms with Crippen LogP contribution in [0, 0.1) is 5.92 Å². The predicted molar refractivity (Wildman–Crippen MR) is 66.4 cm³/mol. The Bertz CT molecular complexity index is 167. The van der Waals surface area contributed by atoms with Gasteiger partial charge >= 0.3 is 0 Å². The Hall–Kier alpha value is 0.400. The molecule has 1 aliphatic rings. The molecular formula is C12H23BrO2. The van der Waals surface area contributed by atoms with Gasteiger partial charge in [-0.1, -0.05) is 42.1 Å². The molecule has 0 saturated carbocycles. The first-order chi connectivity index (χ1) is 7.19. The van der Waals surface area contributed by atoms with E-state index in [4.69, 9.17) is 9.47 Å². The minimum Gasteiger partial charge on any atom is -0.348 e. The lowest BCUT2D eigenvalue weighted by Gasteiger charge is -2.29. The van der Waals surface area contributed by atoms with E-state index in [2.05, 4.69) is 29.8 Å². The molecule has 0 spiro atoms. The first kappa shape index (κ1) is 13.5. The molecule has 1 fully saturated rings. The lowest BCUT2D eigenvalue weighted by atomic mass is 9.95. The molecule has 3 heteroatoms. The van der Waals surface area contributed by atoms with Crippen LogP contribution in [-0.4, -0.2) is 24.3 Å². The van der Waals surface area contributed by atoms with Gasteiger partial charge < -0.3 is 9.47 Å². The van der Waals surface area contributed by atoms with Gasteiger partial charge in [0.25, 0.3) is 0 Å². The summed E-state index contributed by atoms with van der Waals surface area (Å²) < 4.78 is 11.3. The number of unbranched alkanes of at least 4 members (excludes halogenated alkanes) is 3. The van der Waals surface area contributed by atoms with Gasteiger partial charge in [0.15, 0.2) is 5.79 Å². The fourth-order valence-electron chi connectivity index (χ4n) is 1.98. The maximum atomic E-state index is 5.65. The van der Waals surface area contributed by atoms with Gasteiger partial charge in [-0.25, -0.2) is 0 Å². The lowest BCUT2D eigenvalue weighted by Crippen LogP contribution is -2.33. The predicted octanol–water partition coefficient (Wildman–Crippen LogP) is 3.73. The summed E-state index contributed by atoms with van der Waals surface area (Å²) in [5.74, 6) is 0.194. The fraction of sp³-hybridized carbons (Fsp3) is 1.00. The van der Waals surface area contributed by atoms with Crippen LogP contribution in [0.2, 0.25) is 0 Å². The van der Waals surface area contributed by atoms with Crippen LogP contribution in [0.25, 0.3) is 0 Å². The Morgan fingerprint density at radius 1 is 1.13 bits per heavy atom. The number of hydrogen-bond donors (Lipinski definition) is 0. The van der Waals surface area contributed by atoms with Gasteiger partial charge in [-0.3, -0.25) is 0 Å². The second kappa shape index (κ2) is 6.87. The summed E-state index contributed by atoms with van der Waals surface area (Å²) >= 11 is 3.45. The van der Waals surface area contributed by atoms with E-state index in [0.29, 0.717) is 5.92 Å². The highest BCUT2D eigenvalue weighted by atomic mass is 79.9. The van der Waals surface area contributed by atoms with Gasteiger partial charge in [0.05, 0.1) is 13.2 Å². The molecule has 2 nitrogen and oxygen atoms in total. The summed E-state index contributed by atoms with van der Waals surface area (Å²) in [4.78, 5) is 0. The summed E-state index contributed by atoms with van der Waals surface area (Å²) in [6.45, 7) is 5.81. The Morgan fingerprint density at radius 2 is 1.73 bits per heavy atom. The highest BCUT2D eigenvalue weighted by Gasteiger charge is 2.36. The van der Waals surface area contributed by atoms with Crippen molar-refractivity contribution in [3.8, 4) is 0 Å². The molecule has 1 unspecified atom stereocenters. The van der Waals surface area contributed by atoms with E-state index in [1.807, 2.05) is 0 Å². The molecule has 0 radical (unpaired) electrons. The van der Waals surface area contributed by atoms with Crippen molar-refractivity contribution in [2.24, 2.45) is 5.92 Å². The highest BCUT2D eigenvalue weighted by molar-refractivity contribution is 9.09. The van der Waals surface area contributed by atoms with Crippen LogP contribution in [-0.2, 0) is 9.47 Å². The first-order valence-electron chi connectivity index (χ1n) is 6.03. The number of rotatable bonds is 7. The zero-order valence-electron chi connectivity index (χ0n) is 9.93. The zero-order chi connectivity index (χ0) is 11.1. The Balaban J connectivity index is 2.09. The van der Waals surface area contributed by atoms with Crippen molar-refractivity contribution in [1.29, 1.82) is 0 Å².